The summed E-state index contributed by atoms with van der Waals surface area (Å²) in [5.41, 5.74) is 7.92. The van der Waals surface area contributed by atoms with E-state index in [2.05, 4.69) is 28.5 Å². The van der Waals surface area contributed by atoms with Gasteiger partial charge in [-0.05, 0) is 37.5 Å². The summed E-state index contributed by atoms with van der Waals surface area (Å²) in [6.07, 6.45) is 11.6. The number of anilines is 2. The van der Waals surface area contributed by atoms with Gasteiger partial charge in [-0.15, -0.1) is 0 Å². The second kappa shape index (κ2) is 4.69. The van der Waals surface area contributed by atoms with Gasteiger partial charge in [-0.25, -0.2) is 0 Å². The zero-order valence-electron chi connectivity index (χ0n) is 10.3. The number of aromatic nitrogens is 1. The number of rotatable bonds is 2. The van der Waals surface area contributed by atoms with Gasteiger partial charge in [0.1, 0.15) is 0 Å². The van der Waals surface area contributed by atoms with Gasteiger partial charge in [-0.2, -0.15) is 0 Å². The summed E-state index contributed by atoms with van der Waals surface area (Å²) in [6, 6.07) is 6.56. The molecular formula is C15H17N3. The van der Waals surface area contributed by atoms with Crippen molar-refractivity contribution in [3.05, 3.63) is 42.7 Å². The van der Waals surface area contributed by atoms with Gasteiger partial charge in [0, 0.05) is 40.6 Å². The van der Waals surface area contributed by atoms with Crippen molar-refractivity contribution in [1.82, 2.24) is 4.98 Å². The Hall–Kier alpha value is -2.03. The van der Waals surface area contributed by atoms with E-state index in [0.29, 0.717) is 6.04 Å². The Kier molecular flexibility index (Phi) is 2.89. The van der Waals surface area contributed by atoms with E-state index < -0.39 is 0 Å². The predicted molar refractivity (Wildman–Crippen MR) is 76.6 cm³/mol. The van der Waals surface area contributed by atoms with Gasteiger partial charge in [0.15, 0.2) is 0 Å². The average Bonchev–Trinajstić information content (AvgIpc) is 2.44. The predicted octanol–water partition coefficient (Wildman–Crippen LogP) is 3.34. The molecule has 3 rings (SSSR count). The Bertz CT molecular complexity index is 589. The third kappa shape index (κ3) is 2.04. The standard InChI is InChI=1S/C15H17N3/c16-14-6-7-15(12-8-9-17-10-13(12)14)18-11-4-2-1-3-5-11/h1-2,6-11,18H,3-5,16H2. The first-order chi connectivity index (χ1) is 8.84. The molecule has 0 spiro atoms. The van der Waals surface area contributed by atoms with Crippen LogP contribution in [0.3, 0.4) is 0 Å². The molecule has 0 amide bonds. The van der Waals surface area contributed by atoms with E-state index >= 15 is 0 Å². The minimum atomic E-state index is 0.523. The highest BCUT2D eigenvalue weighted by Gasteiger charge is 2.11. The van der Waals surface area contributed by atoms with E-state index in [-0.39, 0.29) is 0 Å². The van der Waals surface area contributed by atoms with E-state index in [0.717, 1.165) is 35.0 Å². The summed E-state index contributed by atoms with van der Waals surface area (Å²) in [5.74, 6) is 0. The monoisotopic (exact) mass is 239 g/mol. The van der Waals surface area contributed by atoms with Crippen LogP contribution in [0.5, 0.6) is 0 Å². The van der Waals surface area contributed by atoms with Crippen molar-refractivity contribution in [2.45, 2.75) is 25.3 Å². The molecule has 0 saturated heterocycles. The molecule has 0 aliphatic heterocycles. The summed E-state index contributed by atoms with van der Waals surface area (Å²) >= 11 is 0. The Morgan fingerprint density at radius 2 is 2.11 bits per heavy atom. The fourth-order valence-electron chi connectivity index (χ4n) is 2.48. The molecule has 1 aliphatic carbocycles. The Morgan fingerprint density at radius 3 is 2.94 bits per heavy atom. The molecule has 1 aromatic heterocycles. The number of nitrogens with one attached hydrogen (secondary N) is 1. The first kappa shape index (κ1) is 11.1. The molecule has 0 saturated carbocycles. The van der Waals surface area contributed by atoms with Gasteiger partial charge in [-0.1, -0.05) is 12.2 Å². The molecule has 0 fully saturated rings. The smallest absolute Gasteiger partial charge is 0.0424 e. The van der Waals surface area contributed by atoms with Crippen LogP contribution in [0.4, 0.5) is 11.4 Å². The van der Waals surface area contributed by atoms with Crippen LogP contribution in [0.15, 0.2) is 42.7 Å². The number of hydrogen-bond acceptors (Lipinski definition) is 3. The van der Waals surface area contributed by atoms with Gasteiger partial charge in [-0.3, -0.25) is 4.98 Å². The molecule has 92 valence electrons. The number of nitrogens with two attached hydrogens (primary N) is 1. The van der Waals surface area contributed by atoms with Crippen molar-refractivity contribution in [3.8, 4) is 0 Å². The number of nitrogen functional groups attached to an aromatic ring is 1. The maximum absolute atomic E-state index is 5.98. The van der Waals surface area contributed by atoms with Crippen molar-refractivity contribution in [1.29, 1.82) is 0 Å². The van der Waals surface area contributed by atoms with Crippen molar-refractivity contribution in [2.75, 3.05) is 11.1 Å². The lowest BCUT2D eigenvalue weighted by molar-refractivity contribution is 0.645. The quantitative estimate of drug-likeness (QED) is 0.624. The normalized spacial score (nSPS) is 19.0. The van der Waals surface area contributed by atoms with E-state index in [9.17, 15) is 0 Å². The molecule has 3 heteroatoms. The summed E-state index contributed by atoms with van der Waals surface area (Å²) in [5, 5.41) is 5.79. The number of hydrogen-bond donors (Lipinski definition) is 2. The third-order valence-electron chi connectivity index (χ3n) is 3.48. The van der Waals surface area contributed by atoms with Crippen LogP contribution in [0.2, 0.25) is 0 Å². The largest absolute Gasteiger partial charge is 0.398 e. The maximum Gasteiger partial charge on any atom is 0.0424 e. The minimum absolute atomic E-state index is 0.523. The molecule has 18 heavy (non-hydrogen) atoms. The SMILES string of the molecule is Nc1ccc(NC2CC=CCC2)c2ccncc12. The number of fused-ring (bicyclic) bond motifs is 1. The van der Waals surface area contributed by atoms with Crippen molar-refractivity contribution < 1.29 is 0 Å². The topological polar surface area (TPSA) is 50.9 Å². The molecule has 3 N–H and O–H groups in total. The van der Waals surface area contributed by atoms with E-state index in [1.165, 1.54) is 6.42 Å². The Morgan fingerprint density at radius 1 is 1.17 bits per heavy atom. The molecule has 1 unspecified atom stereocenters. The first-order valence-electron chi connectivity index (χ1n) is 6.38. The lowest BCUT2D eigenvalue weighted by Gasteiger charge is -2.22. The van der Waals surface area contributed by atoms with Gasteiger partial charge in [0.25, 0.3) is 0 Å². The number of nitrogens with zero attached hydrogens (tertiary/aromatic N) is 1. The van der Waals surface area contributed by atoms with Crippen LogP contribution in [0, 0.1) is 0 Å². The minimum Gasteiger partial charge on any atom is -0.398 e. The highest BCUT2D eigenvalue weighted by Crippen LogP contribution is 2.29. The van der Waals surface area contributed by atoms with E-state index in [1.807, 2.05) is 24.5 Å². The summed E-state index contributed by atoms with van der Waals surface area (Å²) < 4.78 is 0. The van der Waals surface area contributed by atoms with Crippen LogP contribution in [0.25, 0.3) is 10.8 Å². The highest BCUT2D eigenvalue weighted by molar-refractivity contribution is 6.00. The zero-order chi connectivity index (χ0) is 12.4. The van der Waals surface area contributed by atoms with Gasteiger partial charge >= 0.3 is 0 Å². The third-order valence-corrected chi connectivity index (χ3v) is 3.48. The molecule has 0 bridgehead atoms. The van der Waals surface area contributed by atoms with Crippen LogP contribution in [-0.4, -0.2) is 11.0 Å². The first-order valence-corrected chi connectivity index (χ1v) is 6.38. The number of pyridine rings is 1. The number of allylic oxidation sites excluding steroid dienone is 1. The van der Waals surface area contributed by atoms with Crippen LogP contribution in [-0.2, 0) is 0 Å². The summed E-state index contributed by atoms with van der Waals surface area (Å²) in [6.45, 7) is 0. The lowest BCUT2D eigenvalue weighted by atomic mass is 10.0. The van der Waals surface area contributed by atoms with E-state index in [4.69, 9.17) is 5.73 Å². The maximum atomic E-state index is 5.98. The molecule has 1 aromatic carbocycles. The van der Waals surface area contributed by atoms with Crippen LogP contribution < -0.4 is 11.1 Å². The van der Waals surface area contributed by atoms with Gasteiger partial charge in [0.05, 0.1) is 0 Å². The summed E-state index contributed by atoms with van der Waals surface area (Å²) in [4.78, 5) is 4.14. The van der Waals surface area contributed by atoms with Crippen molar-refractivity contribution in [3.63, 3.8) is 0 Å². The van der Waals surface area contributed by atoms with Crippen molar-refractivity contribution in [2.24, 2.45) is 0 Å². The molecule has 1 heterocycles. The van der Waals surface area contributed by atoms with Crippen molar-refractivity contribution >= 4 is 22.1 Å². The second-order valence-corrected chi connectivity index (χ2v) is 4.75. The highest BCUT2D eigenvalue weighted by atomic mass is 14.9. The van der Waals surface area contributed by atoms with Gasteiger partial charge < -0.3 is 11.1 Å². The molecule has 3 nitrogen and oxygen atoms in total. The molecular weight excluding hydrogens is 222 g/mol. The van der Waals surface area contributed by atoms with E-state index in [1.54, 1.807) is 0 Å². The van der Waals surface area contributed by atoms with Crippen LogP contribution >= 0.6 is 0 Å². The average molecular weight is 239 g/mol. The van der Waals surface area contributed by atoms with Gasteiger partial charge in [0.2, 0.25) is 0 Å². The Labute approximate surface area is 107 Å². The molecule has 1 atom stereocenters. The van der Waals surface area contributed by atoms with Crippen LogP contribution in [0.1, 0.15) is 19.3 Å². The Balaban J connectivity index is 1.96. The second-order valence-electron chi connectivity index (χ2n) is 4.75. The molecule has 0 radical (unpaired) electrons. The zero-order valence-corrected chi connectivity index (χ0v) is 10.3. The molecule has 2 aromatic rings. The molecule has 1 aliphatic rings. The number of benzene rings is 1. The fraction of sp³-hybridized carbons (Fsp3) is 0.267. The fourth-order valence-corrected chi connectivity index (χ4v) is 2.48. The summed E-state index contributed by atoms with van der Waals surface area (Å²) in [7, 11) is 0. The lowest BCUT2D eigenvalue weighted by Crippen LogP contribution is -2.20.